The van der Waals surface area contributed by atoms with Gasteiger partial charge in [0, 0.05) is 35.0 Å². The molecule has 41 heavy (non-hydrogen) atoms. The fourth-order valence-corrected chi connectivity index (χ4v) is 4.80. The number of H-pyrrole nitrogens is 1. The summed E-state index contributed by atoms with van der Waals surface area (Å²) in [6, 6.07) is 12.2. The van der Waals surface area contributed by atoms with E-state index in [2.05, 4.69) is 11.9 Å². The first-order valence-corrected chi connectivity index (χ1v) is 14.3. The first-order valence-electron chi connectivity index (χ1n) is 14.3. The van der Waals surface area contributed by atoms with Crippen molar-refractivity contribution in [1.82, 2.24) is 4.98 Å². The summed E-state index contributed by atoms with van der Waals surface area (Å²) in [4.78, 5) is 51.0. The number of rotatable bonds is 19. The molecule has 9 heteroatoms. The molecule has 0 saturated heterocycles. The number of benzene rings is 2. The molecule has 0 saturated carbocycles. The number of ketones is 2. The molecule has 0 radical (unpaired) electrons. The van der Waals surface area contributed by atoms with E-state index in [-0.39, 0.29) is 48.7 Å². The van der Waals surface area contributed by atoms with Gasteiger partial charge in [0.2, 0.25) is 0 Å². The SMILES string of the molecule is CCCCCCCCc1ccc(OCC(=O)Cc2[nH]c3ccc(OC(=O)O)cc3c2C(=O)CCCCC(=O)O)cc1. The van der Waals surface area contributed by atoms with Crippen molar-refractivity contribution >= 4 is 34.6 Å². The molecule has 3 aromatic rings. The number of hydrogen-bond acceptors (Lipinski definition) is 6. The van der Waals surface area contributed by atoms with Gasteiger partial charge in [0.15, 0.2) is 11.6 Å². The van der Waals surface area contributed by atoms with Crippen molar-refractivity contribution < 1.29 is 38.9 Å². The summed E-state index contributed by atoms with van der Waals surface area (Å²) in [6.07, 6.45) is 7.67. The number of aryl methyl sites for hydroxylation is 1. The molecule has 0 bridgehead atoms. The number of carboxylic acid groups (broad SMARTS) is 2. The van der Waals surface area contributed by atoms with Crippen molar-refractivity contribution in [2.75, 3.05) is 6.61 Å². The number of aliphatic carboxylic acids is 1. The monoisotopic (exact) mass is 565 g/mol. The van der Waals surface area contributed by atoms with E-state index in [1.54, 1.807) is 6.07 Å². The van der Waals surface area contributed by atoms with Crippen LogP contribution < -0.4 is 9.47 Å². The highest BCUT2D eigenvalue weighted by molar-refractivity contribution is 6.10. The predicted octanol–water partition coefficient (Wildman–Crippen LogP) is 7.15. The van der Waals surface area contributed by atoms with Crippen molar-refractivity contribution in [3.63, 3.8) is 0 Å². The first-order chi connectivity index (χ1) is 19.8. The fourth-order valence-electron chi connectivity index (χ4n) is 4.80. The molecule has 3 N–H and O–H groups in total. The molecule has 0 amide bonds. The molecule has 220 valence electrons. The quantitative estimate of drug-likeness (QED) is 0.0602. The average Bonchev–Trinajstić information content (AvgIpc) is 3.29. The number of carbonyl (C=O) groups excluding carboxylic acids is 2. The number of Topliss-reactive ketones (excluding diaryl/α,β-unsaturated/α-hetero) is 2. The Balaban J connectivity index is 1.63. The summed E-state index contributed by atoms with van der Waals surface area (Å²) in [7, 11) is 0. The number of hydrogen-bond donors (Lipinski definition) is 3. The number of nitrogens with one attached hydrogen (secondary N) is 1. The normalized spacial score (nSPS) is 11.0. The lowest BCUT2D eigenvalue weighted by molar-refractivity contribution is -0.137. The van der Waals surface area contributed by atoms with Gasteiger partial charge in [-0.1, -0.05) is 51.2 Å². The highest BCUT2D eigenvalue weighted by Crippen LogP contribution is 2.29. The van der Waals surface area contributed by atoms with Crippen LogP contribution in [0.1, 0.15) is 92.7 Å². The second-order valence-electron chi connectivity index (χ2n) is 10.2. The second-order valence-corrected chi connectivity index (χ2v) is 10.2. The minimum absolute atomic E-state index is 0.0412. The van der Waals surface area contributed by atoms with Gasteiger partial charge in [0.05, 0.1) is 6.42 Å². The third-order valence-corrected chi connectivity index (χ3v) is 6.89. The highest BCUT2D eigenvalue weighted by Gasteiger charge is 2.21. The molecule has 0 spiro atoms. The Hall–Kier alpha value is -4.14. The lowest BCUT2D eigenvalue weighted by Crippen LogP contribution is -2.16. The standard InChI is InChI=1S/C32H39NO8/c1-2-3-4-5-6-7-10-22-13-15-24(16-14-22)40-21-23(34)19-28-31(29(35)11-8-9-12-30(36)37)26-20-25(41-32(38)39)17-18-27(26)33-28/h13-18,20,33H,2-12,19,21H2,1H3,(H,36,37)(H,38,39). The Morgan fingerprint density at radius 1 is 0.805 bits per heavy atom. The van der Waals surface area contributed by atoms with Crippen LogP contribution in [-0.2, 0) is 22.4 Å². The summed E-state index contributed by atoms with van der Waals surface area (Å²) in [5.41, 5.74) is 2.47. The van der Waals surface area contributed by atoms with E-state index >= 15 is 0 Å². The number of aromatic nitrogens is 1. The Labute approximate surface area is 239 Å². The van der Waals surface area contributed by atoms with Crippen molar-refractivity contribution in [3.05, 3.63) is 59.3 Å². The molecule has 0 fully saturated rings. The maximum atomic E-state index is 13.2. The first kappa shape index (κ1) is 31.4. The molecule has 0 aliphatic rings. The van der Waals surface area contributed by atoms with Crippen LogP contribution in [0.15, 0.2) is 42.5 Å². The van der Waals surface area contributed by atoms with Crippen LogP contribution in [0.25, 0.3) is 10.9 Å². The van der Waals surface area contributed by atoms with E-state index in [9.17, 15) is 19.2 Å². The zero-order valence-electron chi connectivity index (χ0n) is 23.6. The molecular weight excluding hydrogens is 526 g/mol. The lowest BCUT2D eigenvalue weighted by Gasteiger charge is -2.08. The zero-order chi connectivity index (χ0) is 29.6. The maximum Gasteiger partial charge on any atom is 0.511 e. The number of ether oxygens (including phenoxy) is 2. The molecule has 1 aromatic heterocycles. The van der Waals surface area contributed by atoms with Crippen molar-refractivity contribution in [3.8, 4) is 11.5 Å². The van der Waals surface area contributed by atoms with Crippen LogP contribution in [0.3, 0.4) is 0 Å². The van der Waals surface area contributed by atoms with E-state index in [1.165, 1.54) is 49.8 Å². The summed E-state index contributed by atoms with van der Waals surface area (Å²) in [5.74, 6) is -0.802. The Morgan fingerprint density at radius 2 is 1.49 bits per heavy atom. The largest absolute Gasteiger partial charge is 0.511 e. The number of carbonyl (C=O) groups is 4. The predicted molar refractivity (Wildman–Crippen MR) is 155 cm³/mol. The minimum Gasteiger partial charge on any atom is -0.486 e. The van der Waals surface area contributed by atoms with Gasteiger partial charge >= 0.3 is 12.1 Å². The highest BCUT2D eigenvalue weighted by atomic mass is 16.7. The fraction of sp³-hybridized carbons (Fsp3) is 0.438. The summed E-state index contributed by atoms with van der Waals surface area (Å²) >= 11 is 0. The van der Waals surface area contributed by atoms with Gasteiger partial charge in [0.25, 0.3) is 0 Å². The van der Waals surface area contributed by atoms with Gasteiger partial charge in [-0.2, -0.15) is 0 Å². The van der Waals surface area contributed by atoms with Crippen molar-refractivity contribution in [2.24, 2.45) is 0 Å². The molecule has 0 atom stereocenters. The average molecular weight is 566 g/mol. The Bertz CT molecular complexity index is 1330. The molecule has 1 heterocycles. The molecule has 0 aliphatic carbocycles. The van der Waals surface area contributed by atoms with Gasteiger partial charge in [-0.15, -0.1) is 0 Å². The molecule has 2 aromatic carbocycles. The van der Waals surface area contributed by atoms with Gasteiger partial charge in [-0.25, -0.2) is 4.79 Å². The number of carboxylic acids is 1. The minimum atomic E-state index is -1.48. The van der Waals surface area contributed by atoms with Crippen LogP contribution in [0.2, 0.25) is 0 Å². The summed E-state index contributed by atoms with van der Waals surface area (Å²) < 4.78 is 10.5. The molecule has 0 aliphatic heterocycles. The summed E-state index contributed by atoms with van der Waals surface area (Å²) in [6.45, 7) is 2.04. The van der Waals surface area contributed by atoms with E-state index in [0.29, 0.717) is 35.2 Å². The number of fused-ring (bicyclic) bond motifs is 1. The molecule has 0 unspecified atom stereocenters. The van der Waals surface area contributed by atoms with E-state index in [1.807, 2.05) is 24.3 Å². The summed E-state index contributed by atoms with van der Waals surface area (Å²) in [5, 5.41) is 18.3. The van der Waals surface area contributed by atoms with Crippen molar-refractivity contribution in [1.29, 1.82) is 0 Å². The van der Waals surface area contributed by atoms with Crippen LogP contribution in [-0.4, -0.2) is 45.5 Å². The zero-order valence-corrected chi connectivity index (χ0v) is 23.6. The van der Waals surface area contributed by atoms with Gasteiger partial charge in [-0.05, 0) is 61.6 Å². The second kappa shape index (κ2) is 16.2. The molecule has 3 rings (SSSR count). The number of aromatic amines is 1. The van der Waals surface area contributed by atoms with E-state index in [4.69, 9.17) is 19.7 Å². The number of unbranched alkanes of at least 4 members (excludes halogenated alkanes) is 6. The van der Waals surface area contributed by atoms with Crippen LogP contribution in [0.4, 0.5) is 4.79 Å². The topological polar surface area (TPSA) is 143 Å². The van der Waals surface area contributed by atoms with Gasteiger partial charge in [-0.3, -0.25) is 14.4 Å². The lowest BCUT2D eigenvalue weighted by atomic mass is 9.99. The van der Waals surface area contributed by atoms with Crippen LogP contribution in [0.5, 0.6) is 11.5 Å². The van der Waals surface area contributed by atoms with E-state index in [0.717, 1.165) is 12.8 Å². The smallest absolute Gasteiger partial charge is 0.486 e. The molecular formula is C32H39NO8. The van der Waals surface area contributed by atoms with E-state index < -0.39 is 12.1 Å². The third kappa shape index (κ3) is 10.4. The third-order valence-electron chi connectivity index (χ3n) is 6.89. The van der Waals surface area contributed by atoms with Gasteiger partial charge in [0.1, 0.15) is 18.1 Å². The Kier molecular flexibility index (Phi) is 12.4. The molecule has 9 nitrogen and oxygen atoms in total. The maximum absolute atomic E-state index is 13.2. The van der Waals surface area contributed by atoms with Crippen LogP contribution >= 0.6 is 0 Å². The van der Waals surface area contributed by atoms with Gasteiger partial charge < -0.3 is 24.7 Å². The van der Waals surface area contributed by atoms with Crippen molar-refractivity contribution in [2.45, 2.75) is 84.0 Å². The van der Waals surface area contributed by atoms with Crippen LogP contribution in [0, 0.1) is 0 Å². The Morgan fingerprint density at radius 3 is 2.20 bits per heavy atom.